The van der Waals surface area contributed by atoms with Crippen molar-refractivity contribution in [2.75, 3.05) is 50.1 Å². The molecular weight excluding hydrogens is 360 g/mol. The summed E-state index contributed by atoms with van der Waals surface area (Å²) in [6.07, 6.45) is 1.32. The Bertz CT molecular complexity index is 834. The maximum Gasteiger partial charge on any atom is 0.409 e. The van der Waals surface area contributed by atoms with Gasteiger partial charge < -0.3 is 24.6 Å². The number of methoxy groups -OCH3 is 1. The summed E-state index contributed by atoms with van der Waals surface area (Å²) in [7, 11) is 1.56. The van der Waals surface area contributed by atoms with Crippen LogP contribution in [0.25, 0.3) is 0 Å². The van der Waals surface area contributed by atoms with Crippen LogP contribution in [-0.2, 0) is 4.74 Å². The Morgan fingerprint density at radius 2 is 1.89 bits per heavy atom. The summed E-state index contributed by atoms with van der Waals surface area (Å²) in [6.45, 7) is 4.52. The van der Waals surface area contributed by atoms with Gasteiger partial charge in [-0.25, -0.2) is 9.78 Å². The van der Waals surface area contributed by atoms with E-state index >= 15 is 0 Å². The van der Waals surface area contributed by atoms with E-state index in [-0.39, 0.29) is 12.0 Å². The van der Waals surface area contributed by atoms with Gasteiger partial charge in [0.05, 0.1) is 19.4 Å². The van der Waals surface area contributed by atoms with Crippen LogP contribution in [0.15, 0.2) is 42.6 Å². The Hall–Kier alpha value is -3.29. The normalized spacial score (nSPS) is 13.8. The van der Waals surface area contributed by atoms with E-state index in [2.05, 4.69) is 15.2 Å². The monoisotopic (exact) mass is 384 g/mol. The largest absolute Gasteiger partial charge is 0.495 e. The third-order valence-electron chi connectivity index (χ3n) is 4.49. The Balaban J connectivity index is 1.66. The van der Waals surface area contributed by atoms with Crippen LogP contribution < -0.4 is 15.0 Å². The van der Waals surface area contributed by atoms with Gasteiger partial charge in [0.25, 0.3) is 5.91 Å². The van der Waals surface area contributed by atoms with Gasteiger partial charge >= 0.3 is 6.09 Å². The van der Waals surface area contributed by atoms with Crippen molar-refractivity contribution in [2.45, 2.75) is 6.92 Å². The molecule has 1 N–H and O–H groups in total. The first-order chi connectivity index (χ1) is 13.6. The predicted octanol–water partition coefficient (Wildman–Crippen LogP) is 2.62. The van der Waals surface area contributed by atoms with Gasteiger partial charge in [0.15, 0.2) is 0 Å². The van der Waals surface area contributed by atoms with Crippen molar-refractivity contribution in [1.29, 1.82) is 0 Å². The minimum absolute atomic E-state index is 0.238. The van der Waals surface area contributed by atoms with Gasteiger partial charge in [0.1, 0.15) is 11.6 Å². The minimum Gasteiger partial charge on any atom is -0.495 e. The third kappa shape index (κ3) is 4.51. The summed E-state index contributed by atoms with van der Waals surface area (Å²) in [5, 5.41) is 2.86. The summed E-state index contributed by atoms with van der Waals surface area (Å²) in [4.78, 5) is 32.6. The molecule has 0 unspecified atom stereocenters. The lowest BCUT2D eigenvalue weighted by Gasteiger charge is -2.34. The Morgan fingerprint density at radius 1 is 1.14 bits per heavy atom. The van der Waals surface area contributed by atoms with Crippen LogP contribution >= 0.6 is 0 Å². The number of para-hydroxylation sites is 2. The highest BCUT2D eigenvalue weighted by Gasteiger charge is 2.23. The number of hydrogen-bond donors (Lipinski definition) is 1. The van der Waals surface area contributed by atoms with Crippen molar-refractivity contribution in [2.24, 2.45) is 0 Å². The first-order valence-corrected chi connectivity index (χ1v) is 9.19. The van der Waals surface area contributed by atoms with Crippen molar-refractivity contribution in [1.82, 2.24) is 9.88 Å². The number of amides is 2. The lowest BCUT2D eigenvalue weighted by molar-refractivity contribution is 0.102. The van der Waals surface area contributed by atoms with Crippen LogP contribution in [0.2, 0.25) is 0 Å². The first kappa shape index (κ1) is 19.5. The number of benzene rings is 1. The lowest BCUT2D eigenvalue weighted by Crippen LogP contribution is -2.49. The van der Waals surface area contributed by atoms with E-state index in [0.29, 0.717) is 55.6 Å². The molecule has 0 aliphatic carbocycles. The molecule has 8 heteroatoms. The fraction of sp³-hybridized carbons (Fsp3) is 0.350. The molecule has 0 radical (unpaired) electrons. The second-order valence-corrected chi connectivity index (χ2v) is 6.23. The number of nitrogens with zero attached hydrogens (tertiary/aromatic N) is 3. The molecule has 148 valence electrons. The average Bonchev–Trinajstić information content (AvgIpc) is 2.74. The van der Waals surface area contributed by atoms with E-state index in [4.69, 9.17) is 9.47 Å². The molecule has 28 heavy (non-hydrogen) atoms. The molecule has 2 heterocycles. The van der Waals surface area contributed by atoms with Gasteiger partial charge in [-0.05, 0) is 31.2 Å². The summed E-state index contributed by atoms with van der Waals surface area (Å²) in [6, 6.07) is 10.7. The standard InChI is InChI=1S/C20H24N4O4/c1-3-28-20(26)24-12-10-23(11-13-24)18-14-15(8-9-21-18)19(25)22-16-6-4-5-7-17(16)27-2/h4-9,14H,3,10-13H2,1-2H3,(H,22,25). The van der Waals surface area contributed by atoms with E-state index in [1.165, 1.54) is 0 Å². The van der Waals surface area contributed by atoms with E-state index in [9.17, 15) is 9.59 Å². The summed E-state index contributed by atoms with van der Waals surface area (Å²) in [5.74, 6) is 1.06. The van der Waals surface area contributed by atoms with Crippen molar-refractivity contribution in [3.8, 4) is 5.75 Å². The highest BCUT2D eigenvalue weighted by Crippen LogP contribution is 2.24. The molecule has 8 nitrogen and oxygen atoms in total. The number of anilines is 2. The molecule has 1 saturated heterocycles. The number of hydrogen-bond acceptors (Lipinski definition) is 6. The number of aromatic nitrogens is 1. The quantitative estimate of drug-likeness (QED) is 0.853. The fourth-order valence-electron chi connectivity index (χ4n) is 3.01. The molecule has 0 atom stereocenters. The summed E-state index contributed by atoms with van der Waals surface area (Å²) < 4.78 is 10.3. The number of carbonyl (C=O) groups is 2. The maximum atomic E-state index is 12.6. The Morgan fingerprint density at radius 3 is 2.61 bits per heavy atom. The van der Waals surface area contributed by atoms with Crippen LogP contribution in [0.1, 0.15) is 17.3 Å². The second-order valence-electron chi connectivity index (χ2n) is 6.23. The third-order valence-corrected chi connectivity index (χ3v) is 4.49. The van der Waals surface area contributed by atoms with Crippen LogP contribution in [0.4, 0.5) is 16.3 Å². The second kappa shape index (κ2) is 9.07. The molecule has 3 rings (SSSR count). The van der Waals surface area contributed by atoms with Gasteiger partial charge in [-0.3, -0.25) is 4.79 Å². The Kier molecular flexibility index (Phi) is 6.31. The highest BCUT2D eigenvalue weighted by molar-refractivity contribution is 6.05. The van der Waals surface area contributed by atoms with Gasteiger partial charge in [-0.2, -0.15) is 0 Å². The molecular formula is C20H24N4O4. The summed E-state index contributed by atoms with van der Waals surface area (Å²) in [5.41, 5.74) is 1.11. The van der Waals surface area contributed by atoms with Crippen LogP contribution in [0.3, 0.4) is 0 Å². The number of nitrogens with one attached hydrogen (secondary N) is 1. The number of piperazine rings is 1. The topological polar surface area (TPSA) is 84.0 Å². The maximum absolute atomic E-state index is 12.6. The molecule has 1 fully saturated rings. The minimum atomic E-state index is -0.292. The van der Waals surface area contributed by atoms with Crippen molar-refractivity contribution in [3.05, 3.63) is 48.2 Å². The van der Waals surface area contributed by atoms with E-state index in [1.54, 1.807) is 49.4 Å². The molecule has 1 aromatic carbocycles. The van der Waals surface area contributed by atoms with Gasteiger partial charge in [0.2, 0.25) is 0 Å². The molecule has 1 aliphatic heterocycles. The molecule has 0 saturated carbocycles. The number of ether oxygens (including phenoxy) is 2. The van der Waals surface area contributed by atoms with Crippen LogP contribution in [0, 0.1) is 0 Å². The lowest BCUT2D eigenvalue weighted by atomic mass is 10.2. The van der Waals surface area contributed by atoms with Crippen molar-refractivity contribution >= 4 is 23.5 Å². The zero-order chi connectivity index (χ0) is 19.9. The summed E-state index contributed by atoms with van der Waals surface area (Å²) >= 11 is 0. The zero-order valence-corrected chi connectivity index (χ0v) is 16.1. The van der Waals surface area contributed by atoms with E-state index in [0.717, 1.165) is 0 Å². The molecule has 0 spiro atoms. The predicted molar refractivity (Wildman–Crippen MR) is 106 cm³/mol. The molecule has 1 aromatic heterocycles. The van der Waals surface area contributed by atoms with Crippen molar-refractivity contribution < 1.29 is 19.1 Å². The average molecular weight is 384 g/mol. The molecule has 2 aromatic rings. The fourth-order valence-corrected chi connectivity index (χ4v) is 3.01. The van der Waals surface area contributed by atoms with Crippen molar-refractivity contribution in [3.63, 3.8) is 0 Å². The Labute approximate surface area is 164 Å². The van der Waals surface area contributed by atoms with Crippen LogP contribution in [0.5, 0.6) is 5.75 Å². The number of rotatable bonds is 5. The highest BCUT2D eigenvalue weighted by atomic mass is 16.6. The number of carbonyl (C=O) groups excluding carboxylic acids is 2. The van der Waals surface area contributed by atoms with Gasteiger partial charge in [-0.15, -0.1) is 0 Å². The number of pyridine rings is 1. The van der Waals surface area contributed by atoms with E-state index in [1.807, 2.05) is 12.1 Å². The molecule has 0 bridgehead atoms. The van der Waals surface area contributed by atoms with Gasteiger partial charge in [0, 0.05) is 37.9 Å². The smallest absolute Gasteiger partial charge is 0.409 e. The molecule has 2 amide bonds. The zero-order valence-electron chi connectivity index (χ0n) is 16.1. The molecule has 1 aliphatic rings. The van der Waals surface area contributed by atoms with E-state index < -0.39 is 0 Å². The first-order valence-electron chi connectivity index (χ1n) is 9.19. The SMILES string of the molecule is CCOC(=O)N1CCN(c2cc(C(=O)Nc3ccccc3OC)ccn2)CC1. The van der Waals surface area contributed by atoms with Gasteiger partial charge in [-0.1, -0.05) is 12.1 Å². The van der Waals surface area contributed by atoms with Crippen LogP contribution in [-0.4, -0.2) is 61.8 Å².